The maximum absolute atomic E-state index is 14.2. The van der Waals surface area contributed by atoms with Crippen molar-refractivity contribution in [2.24, 2.45) is 0 Å². The van der Waals surface area contributed by atoms with Gasteiger partial charge in [0, 0.05) is 87.2 Å². The molecule has 4 aromatic rings. The summed E-state index contributed by atoms with van der Waals surface area (Å²) in [6, 6.07) is 17.3. The first kappa shape index (κ1) is 62.2. The van der Waals surface area contributed by atoms with Crippen LogP contribution < -0.4 is 40.0 Å². The van der Waals surface area contributed by atoms with E-state index in [0.29, 0.717) is 106 Å². The molecule has 4 aromatic carbocycles. The largest absolute Gasteiger partial charge is 0.493 e. The number of anilines is 3. The number of unbranched alkanes of at least 4 members (excludes halogenated alkanes) is 3. The summed E-state index contributed by atoms with van der Waals surface area (Å²) in [7, 11) is 3.46. The molecule has 84 heavy (non-hydrogen) atoms. The van der Waals surface area contributed by atoms with E-state index in [4.69, 9.17) is 40.0 Å². The second kappa shape index (κ2) is 28.6. The van der Waals surface area contributed by atoms with E-state index < -0.39 is 54.2 Å². The number of carbonyl (C=O) groups excluding carboxylic acids is 7. The molecule has 0 aromatic heterocycles. The van der Waals surface area contributed by atoms with Crippen molar-refractivity contribution in [1.29, 1.82) is 0 Å². The molecule has 4 atom stereocenters. The zero-order chi connectivity index (χ0) is 60.1. The van der Waals surface area contributed by atoms with Gasteiger partial charge in [0.15, 0.2) is 17.7 Å². The maximum atomic E-state index is 14.2. The number of amides is 7. The molecule has 4 heterocycles. The summed E-state index contributed by atoms with van der Waals surface area (Å²) in [4.78, 5) is 102. The third-order valence-corrected chi connectivity index (χ3v) is 15.5. The Morgan fingerprint density at radius 3 is 2.30 bits per heavy atom. The molecular weight excluding hydrogens is 1100 g/mol. The number of benzene rings is 4. The minimum absolute atomic E-state index is 0.0558. The molecular formula is C61H77ClN8O14. The predicted molar refractivity (Wildman–Crippen MR) is 316 cm³/mol. The Bertz CT molecular complexity index is 3040. The van der Waals surface area contributed by atoms with E-state index in [0.717, 1.165) is 34.3 Å². The number of carbonyl (C=O) groups is 7. The molecule has 0 spiro atoms. The lowest BCUT2D eigenvalue weighted by atomic mass is 9.95. The van der Waals surface area contributed by atoms with Crippen LogP contribution in [0, 0.1) is 0 Å². The minimum atomic E-state index is -1.47. The number of alkyl carbamates (subject to hydrolysis) is 2. The van der Waals surface area contributed by atoms with Crippen LogP contribution in [0.3, 0.4) is 0 Å². The van der Waals surface area contributed by atoms with E-state index in [1.807, 2.05) is 31.3 Å². The first-order valence-electron chi connectivity index (χ1n) is 28.7. The maximum Gasteiger partial charge on any atom is 0.416 e. The van der Waals surface area contributed by atoms with Gasteiger partial charge in [-0.05, 0) is 114 Å². The monoisotopic (exact) mass is 1180 g/mol. The average Bonchev–Trinajstić information content (AvgIpc) is 3.38. The number of halogens is 1. The third-order valence-electron chi connectivity index (χ3n) is 15.1. The second-order valence-corrected chi connectivity index (χ2v) is 22.6. The van der Waals surface area contributed by atoms with Crippen LogP contribution in [0.1, 0.15) is 106 Å². The molecule has 452 valence electrons. The molecule has 7 amide bonds. The van der Waals surface area contributed by atoms with Crippen LogP contribution in [-0.2, 0) is 30.4 Å². The number of fused-ring (bicyclic) bond motifs is 5. The molecule has 4 aliphatic rings. The summed E-state index contributed by atoms with van der Waals surface area (Å²) in [6.07, 6.45) is 1.42. The van der Waals surface area contributed by atoms with Crippen molar-refractivity contribution in [1.82, 2.24) is 25.3 Å². The van der Waals surface area contributed by atoms with E-state index in [2.05, 4.69) is 27.4 Å². The summed E-state index contributed by atoms with van der Waals surface area (Å²) in [5.74, 6) is 0.0657. The van der Waals surface area contributed by atoms with Crippen LogP contribution in [0.15, 0.2) is 79.4 Å². The van der Waals surface area contributed by atoms with Crippen LogP contribution in [0.2, 0.25) is 0 Å². The fraction of sp³-hybridized carbons (Fsp3) is 0.492. The molecule has 2 fully saturated rings. The van der Waals surface area contributed by atoms with Crippen LogP contribution in [0.25, 0.3) is 10.8 Å². The van der Waals surface area contributed by atoms with Crippen molar-refractivity contribution < 1.29 is 67.1 Å². The molecule has 4 N–H and O–H groups in total. The lowest BCUT2D eigenvalue weighted by Crippen LogP contribution is -2.50. The minimum Gasteiger partial charge on any atom is -0.493 e. The molecule has 4 unspecified atom stereocenters. The highest BCUT2D eigenvalue weighted by Crippen LogP contribution is 2.46. The molecule has 0 radical (unpaired) electrons. The molecule has 0 saturated carbocycles. The number of nitrogens with one attached hydrogen (secondary N) is 3. The van der Waals surface area contributed by atoms with Gasteiger partial charge in [-0.3, -0.25) is 14.4 Å². The smallest absolute Gasteiger partial charge is 0.416 e. The van der Waals surface area contributed by atoms with E-state index in [-0.39, 0.29) is 73.1 Å². The Kier molecular flexibility index (Phi) is 21.2. The van der Waals surface area contributed by atoms with Gasteiger partial charge in [-0.2, -0.15) is 0 Å². The Hall–Kier alpha value is -7.82. The number of aliphatic hydroxyl groups is 1. The molecule has 8 rings (SSSR count). The molecule has 0 aliphatic carbocycles. The number of hydrogen-bond acceptors (Lipinski definition) is 15. The SMILES string of the molecule is C=CCOC(=O)NC(CCCCNC(=O)OC(C)(C)C)C(=O)Nc1ccc(COC(=O)N2c3cc(OCCCCCC(=O)N4CC(CCl)c5c4cc(OC(=O)N4CCN(C)CC4)c4ccccc54)c(OC)cc3C(=O)N3CCCC3C2O)cc1. The molecule has 2 saturated heterocycles. The van der Waals surface area contributed by atoms with Gasteiger partial charge in [-0.15, -0.1) is 11.6 Å². The Morgan fingerprint density at radius 2 is 1.58 bits per heavy atom. The van der Waals surface area contributed by atoms with Crippen LogP contribution in [0.5, 0.6) is 17.2 Å². The van der Waals surface area contributed by atoms with Crippen molar-refractivity contribution in [3.63, 3.8) is 0 Å². The number of nitrogens with zero attached hydrogens (tertiary/aromatic N) is 5. The zero-order valence-corrected chi connectivity index (χ0v) is 49.2. The number of aliphatic hydroxyl groups excluding tert-OH is 1. The predicted octanol–water partition coefficient (Wildman–Crippen LogP) is 8.90. The van der Waals surface area contributed by atoms with Crippen LogP contribution >= 0.6 is 11.6 Å². The topological polar surface area (TPSA) is 247 Å². The second-order valence-electron chi connectivity index (χ2n) is 22.3. The molecule has 23 heteroatoms. The summed E-state index contributed by atoms with van der Waals surface area (Å²) in [5, 5.41) is 21.6. The van der Waals surface area contributed by atoms with E-state index in [1.54, 1.807) is 65.8 Å². The van der Waals surface area contributed by atoms with Crippen molar-refractivity contribution in [2.45, 2.75) is 115 Å². The van der Waals surface area contributed by atoms with Gasteiger partial charge in [-0.25, -0.2) is 24.1 Å². The highest BCUT2D eigenvalue weighted by atomic mass is 35.5. The Balaban J connectivity index is 0.877. The fourth-order valence-corrected chi connectivity index (χ4v) is 11.0. The van der Waals surface area contributed by atoms with Crippen molar-refractivity contribution in [3.05, 3.63) is 96.1 Å². The number of likely N-dealkylation sites (N-methyl/N-ethyl adjacent to an activating group) is 1. The van der Waals surface area contributed by atoms with E-state index >= 15 is 0 Å². The summed E-state index contributed by atoms with van der Waals surface area (Å²) in [6.45, 7) is 12.4. The number of alkyl halides is 1. The molecule has 22 nitrogen and oxygen atoms in total. The normalized spacial score (nSPS) is 17.9. The van der Waals surface area contributed by atoms with Crippen LogP contribution in [-0.4, -0.2) is 165 Å². The van der Waals surface area contributed by atoms with Crippen LogP contribution in [0.4, 0.5) is 36.2 Å². The number of ether oxygens (including phenoxy) is 6. The lowest BCUT2D eigenvalue weighted by Gasteiger charge is -2.31. The summed E-state index contributed by atoms with van der Waals surface area (Å²) < 4.78 is 34.2. The fourth-order valence-electron chi connectivity index (χ4n) is 10.8. The molecule has 4 aliphatic heterocycles. The summed E-state index contributed by atoms with van der Waals surface area (Å²) >= 11 is 6.55. The Labute approximate surface area is 494 Å². The first-order chi connectivity index (χ1) is 40.4. The van der Waals surface area contributed by atoms with E-state index in [9.17, 15) is 38.7 Å². The van der Waals surface area contributed by atoms with Gasteiger partial charge < -0.3 is 69.1 Å². The standard InChI is InChI=1S/C61H77ClN8O14/c1-7-31-81-58(76)65-45(18-12-13-25-63-57(75)84-61(2,3)4)54(72)64-41-23-21-39(22-24-41)38-82-60(78)70-47-34-51(50(79-6)33-44(47)55(73)68-26-15-19-46(68)56(70)74)80-32-14-8-9-20-52(71)69-37-40(36-62)53-43-17-11-10-16-42(43)49(35-48(53)69)83-59(77)67-29-27-66(5)28-30-67/h7,10-11,16-17,21-24,33-35,40,45-46,56,74H,1,8-9,12-15,18-20,25-32,36-38H2,2-6H3,(H,63,75)(H,64,72)(H,65,76). The first-order valence-corrected chi connectivity index (χ1v) is 29.2. The zero-order valence-electron chi connectivity index (χ0n) is 48.5. The van der Waals surface area contributed by atoms with Gasteiger partial charge in [-0.1, -0.05) is 49.1 Å². The number of hydrogen-bond donors (Lipinski definition) is 4. The van der Waals surface area contributed by atoms with Crippen molar-refractivity contribution >= 4 is 81.5 Å². The number of methoxy groups -OCH3 is 1. The van der Waals surface area contributed by atoms with Crippen molar-refractivity contribution in [3.8, 4) is 17.2 Å². The average molecular weight is 1180 g/mol. The molecule has 0 bridgehead atoms. The Morgan fingerprint density at radius 1 is 0.845 bits per heavy atom. The van der Waals surface area contributed by atoms with Gasteiger partial charge in [0.1, 0.15) is 30.6 Å². The summed E-state index contributed by atoms with van der Waals surface area (Å²) in [5.41, 5.74) is 2.11. The number of piperazine rings is 1. The van der Waals surface area contributed by atoms with E-state index in [1.165, 1.54) is 25.3 Å². The lowest BCUT2D eigenvalue weighted by molar-refractivity contribution is -0.119. The quantitative estimate of drug-likeness (QED) is 0.0248. The van der Waals surface area contributed by atoms with Crippen molar-refractivity contribution in [2.75, 3.05) is 94.2 Å². The highest BCUT2D eigenvalue weighted by molar-refractivity contribution is 6.19. The van der Waals surface area contributed by atoms with Gasteiger partial charge >= 0.3 is 24.4 Å². The third kappa shape index (κ3) is 15.5. The van der Waals surface area contributed by atoms with Gasteiger partial charge in [0.2, 0.25) is 11.8 Å². The van der Waals surface area contributed by atoms with Gasteiger partial charge in [0.25, 0.3) is 5.91 Å². The number of rotatable bonds is 22. The van der Waals surface area contributed by atoms with Gasteiger partial charge in [0.05, 0.1) is 36.7 Å². The highest BCUT2D eigenvalue weighted by Gasteiger charge is 2.45.